The number of alkyl carbamates (subject to hydrolysis) is 1. The average Bonchev–Trinajstić information content (AvgIpc) is 3.16. The van der Waals surface area contributed by atoms with Gasteiger partial charge in [0.15, 0.2) is 0 Å². The van der Waals surface area contributed by atoms with Gasteiger partial charge in [0.25, 0.3) is 0 Å². The van der Waals surface area contributed by atoms with Crippen molar-refractivity contribution in [3.05, 3.63) is 34.9 Å². The summed E-state index contributed by atoms with van der Waals surface area (Å²) in [6.07, 6.45) is -3.45. The van der Waals surface area contributed by atoms with Crippen LogP contribution >= 0.6 is 0 Å². The minimum absolute atomic E-state index is 0.00547. The van der Waals surface area contributed by atoms with Gasteiger partial charge in [0.1, 0.15) is 0 Å². The highest BCUT2D eigenvalue weighted by Gasteiger charge is 2.57. The normalized spacial score (nSPS) is 24.1. The molecule has 2 amide bonds. The number of hydrogen-bond acceptors (Lipinski definition) is 3. The van der Waals surface area contributed by atoms with Crippen LogP contribution in [-0.2, 0) is 15.7 Å². The molecule has 3 rings (SSSR count). The van der Waals surface area contributed by atoms with E-state index in [1.807, 2.05) is 6.92 Å². The fourth-order valence-corrected chi connectivity index (χ4v) is 4.55. The van der Waals surface area contributed by atoms with Crippen molar-refractivity contribution in [2.45, 2.75) is 38.8 Å². The molecule has 5 nitrogen and oxygen atoms in total. The summed E-state index contributed by atoms with van der Waals surface area (Å²) in [6, 6.07) is 4.58. The summed E-state index contributed by atoms with van der Waals surface area (Å²) in [5.74, 6) is 0.177. The van der Waals surface area contributed by atoms with Gasteiger partial charge in [-0.25, -0.2) is 4.79 Å². The molecule has 160 valence electrons. The van der Waals surface area contributed by atoms with Crippen LogP contribution in [0.1, 0.15) is 42.4 Å². The molecule has 8 heteroatoms. The number of hydrogen-bond donors (Lipinski definition) is 1. The molecule has 1 aromatic carbocycles. The number of aryl methyl sites for hydroxylation is 1. The molecule has 1 aliphatic carbocycles. The topological polar surface area (TPSA) is 58.6 Å². The molecule has 29 heavy (non-hydrogen) atoms. The standard InChI is InChI=1S/C21H27F3N2O3/c1-4-5-14(9-25-20(28)29-3)19(27)26-10-15-16(11-26)18(15)13-7-6-12(2)17(8-13)21(22,23)24/h6-8,14-16,18H,4-5,9-11H2,1-3H3,(H,25,28)/t14-,15-,16+,18+/m1/s1. The second-order valence-corrected chi connectivity index (χ2v) is 8.03. The number of benzene rings is 1. The van der Waals surface area contributed by atoms with Gasteiger partial charge in [0.05, 0.1) is 18.6 Å². The first-order valence-corrected chi connectivity index (χ1v) is 9.95. The monoisotopic (exact) mass is 412 g/mol. The first-order valence-electron chi connectivity index (χ1n) is 9.95. The van der Waals surface area contributed by atoms with E-state index in [9.17, 15) is 22.8 Å². The minimum atomic E-state index is -4.36. The highest BCUT2D eigenvalue weighted by molar-refractivity contribution is 5.80. The predicted octanol–water partition coefficient (Wildman–Crippen LogP) is 3.96. The van der Waals surface area contributed by atoms with Gasteiger partial charge in [-0.1, -0.05) is 25.5 Å². The summed E-state index contributed by atoms with van der Waals surface area (Å²) >= 11 is 0. The summed E-state index contributed by atoms with van der Waals surface area (Å²) in [5, 5.41) is 2.59. The molecule has 0 bridgehead atoms. The summed E-state index contributed by atoms with van der Waals surface area (Å²) in [5.41, 5.74) is 0.358. The van der Waals surface area contributed by atoms with Crippen LogP contribution in [0.3, 0.4) is 0 Å². The van der Waals surface area contributed by atoms with Gasteiger partial charge in [-0.05, 0) is 48.3 Å². The number of carbonyl (C=O) groups excluding carboxylic acids is 2. The molecule has 1 saturated heterocycles. The van der Waals surface area contributed by atoms with Gasteiger partial charge in [-0.2, -0.15) is 13.2 Å². The number of halogens is 3. The van der Waals surface area contributed by atoms with Gasteiger partial charge in [-0.3, -0.25) is 4.79 Å². The number of nitrogens with one attached hydrogen (secondary N) is 1. The zero-order valence-corrected chi connectivity index (χ0v) is 16.9. The number of ether oxygens (including phenoxy) is 1. The Hall–Kier alpha value is -2.25. The average molecular weight is 412 g/mol. The maximum absolute atomic E-state index is 13.2. The van der Waals surface area contributed by atoms with E-state index in [-0.39, 0.29) is 41.7 Å². The summed E-state index contributed by atoms with van der Waals surface area (Å²) in [7, 11) is 1.27. The summed E-state index contributed by atoms with van der Waals surface area (Å²) in [4.78, 5) is 26.0. The molecular formula is C21H27F3N2O3. The molecule has 0 spiro atoms. The Morgan fingerprint density at radius 2 is 1.93 bits per heavy atom. The van der Waals surface area contributed by atoms with Gasteiger partial charge >= 0.3 is 12.3 Å². The van der Waals surface area contributed by atoms with Crippen LogP contribution in [0.2, 0.25) is 0 Å². The molecule has 1 N–H and O–H groups in total. The van der Waals surface area contributed by atoms with Gasteiger partial charge in [0.2, 0.25) is 5.91 Å². The van der Waals surface area contributed by atoms with Crippen LogP contribution in [0.4, 0.5) is 18.0 Å². The third-order valence-corrected chi connectivity index (χ3v) is 6.12. The first kappa shape index (κ1) is 21.5. The van der Waals surface area contributed by atoms with Gasteiger partial charge in [0, 0.05) is 19.6 Å². The Morgan fingerprint density at radius 3 is 2.48 bits per heavy atom. The molecule has 4 atom stereocenters. The number of piperidine rings is 1. The predicted molar refractivity (Wildman–Crippen MR) is 101 cm³/mol. The Bertz CT molecular complexity index is 769. The van der Waals surface area contributed by atoms with E-state index in [1.165, 1.54) is 26.2 Å². The third kappa shape index (κ3) is 4.51. The Morgan fingerprint density at radius 1 is 1.28 bits per heavy atom. The second-order valence-electron chi connectivity index (χ2n) is 8.03. The van der Waals surface area contributed by atoms with E-state index in [4.69, 9.17) is 0 Å². The van der Waals surface area contributed by atoms with Crippen molar-refractivity contribution in [2.75, 3.05) is 26.7 Å². The fourth-order valence-electron chi connectivity index (χ4n) is 4.55. The van der Waals surface area contributed by atoms with Crippen LogP contribution in [-0.4, -0.2) is 43.6 Å². The zero-order valence-electron chi connectivity index (χ0n) is 16.9. The number of alkyl halides is 3. The number of amides is 2. The van der Waals surface area contributed by atoms with E-state index in [0.717, 1.165) is 6.42 Å². The lowest BCUT2D eigenvalue weighted by Crippen LogP contribution is -2.41. The number of rotatable bonds is 6. The minimum Gasteiger partial charge on any atom is -0.453 e. The highest BCUT2D eigenvalue weighted by Crippen LogP contribution is 2.58. The molecule has 2 aliphatic rings. The van der Waals surface area contributed by atoms with Crippen molar-refractivity contribution in [3.63, 3.8) is 0 Å². The Labute approximate surface area is 168 Å². The molecular weight excluding hydrogens is 385 g/mol. The molecule has 1 saturated carbocycles. The molecule has 0 radical (unpaired) electrons. The van der Waals surface area contributed by atoms with E-state index in [0.29, 0.717) is 25.1 Å². The van der Waals surface area contributed by atoms with Crippen molar-refractivity contribution in [2.24, 2.45) is 17.8 Å². The lowest BCUT2D eigenvalue weighted by Gasteiger charge is -2.26. The number of methoxy groups -OCH3 is 1. The third-order valence-electron chi connectivity index (χ3n) is 6.12. The van der Waals surface area contributed by atoms with Crippen LogP contribution in [0, 0.1) is 24.7 Å². The van der Waals surface area contributed by atoms with Crippen LogP contribution in [0.25, 0.3) is 0 Å². The maximum Gasteiger partial charge on any atom is 0.416 e. The van der Waals surface area contributed by atoms with Gasteiger partial charge < -0.3 is 15.0 Å². The maximum atomic E-state index is 13.2. The van der Waals surface area contributed by atoms with Crippen LogP contribution in [0.15, 0.2) is 18.2 Å². The van der Waals surface area contributed by atoms with Crippen molar-refractivity contribution < 1.29 is 27.5 Å². The van der Waals surface area contributed by atoms with Crippen molar-refractivity contribution in [1.29, 1.82) is 0 Å². The highest BCUT2D eigenvalue weighted by atomic mass is 19.4. The largest absolute Gasteiger partial charge is 0.453 e. The van der Waals surface area contributed by atoms with Gasteiger partial charge in [-0.15, -0.1) is 0 Å². The summed E-state index contributed by atoms with van der Waals surface area (Å²) < 4.78 is 44.1. The molecule has 1 heterocycles. The molecule has 1 aliphatic heterocycles. The first-order chi connectivity index (χ1) is 13.7. The van der Waals surface area contributed by atoms with Crippen molar-refractivity contribution >= 4 is 12.0 Å². The SMILES string of the molecule is CCC[C@H](CNC(=O)OC)C(=O)N1C[C@@H]2[C@H](C1)[C@H]2c1ccc(C)c(C(F)(F)F)c1. The molecule has 2 fully saturated rings. The fraction of sp³-hybridized carbons (Fsp3) is 0.619. The molecule has 0 unspecified atom stereocenters. The number of likely N-dealkylation sites (tertiary alicyclic amines) is 1. The van der Waals surface area contributed by atoms with E-state index in [1.54, 1.807) is 11.0 Å². The number of fused-ring (bicyclic) bond motifs is 1. The molecule has 1 aromatic rings. The van der Waals surface area contributed by atoms with Crippen LogP contribution in [0.5, 0.6) is 0 Å². The summed E-state index contributed by atoms with van der Waals surface area (Å²) in [6.45, 7) is 4.79. The number of nitrogens with zero attached hydrogens (tertiary/aromatic N) is 1. The Kier molecular flexibility index (Phi) is 6.10. The van der Waals surface area contributed by atoms with Crippen molar-refractivity contribution in [1.82, 2.24) is 10.2 Å². The zero-order chi connectivity index (χ0) is 21.3. The smallest absolute Gasteiger partial charge is 0.416 e. The Balaban J connectivity index is 1.62. The van der Waals surface area contributed by atoms with E-state index in [2.05, 4.69) is 10.1 Å². The quantitative estimate of drug-likeness (QED) is 0.770. The number of carbonyl (C=O) groups is 2. The second kappa shape index (κ2) is 8.24. The van der Waals surface area contributed by atoms with E-state index < -0.39 is 17.8 Å². The van der Waals surface area contributed by atoms with Crippen molar-refractivity contribution in [3.8, 4) is 0 Å². The lowest BCUT2D eigenvalue weighted by molar-refractivity contribution is -0.138. The molecule has 0 aromatic heterocycles. The van der Waals surface area contributed by atoms with Crippen LogP contribution < -0.4 is 5.32 Å². The lowest BCUT2D eigenvalue weighted by atomic mass is 9.98. The van der Waals surface area contributed by atoms with E-state index >= 15 is 0 Å².